The van der Waals surface area contributed by atoms with E-state index in [1.165, 1.54) is 19.4 Å². The normalized spacial score (nSPS) is 19.9. The smallest absolute Gasteiger partial charge is 0.191 e. The molecule has 1 atom stereocenters. The third kappa shape index (κ3) is 7.42. The average Bonchev–Trinajstić information content (AvgIpc) is 2.98. The topological polar surface area (TPSA) is 52.1 Å². The lowest BCUT2D eigenvalue weighted by molar-refractivity contribution is 0.180. The summed E-state index contributed by atoms with van der Waals surface area (Å²) in [7, 11) is 5.73. The summed E-state index contributed by atoms with van der Waals surface area (Å²) >= 11 is 0. The van der Waals surface area contributed by atoms with E-state index in [0.717, 1.165) is 51.7 Å². The first-order chi connectivity index (χ1) is 10.7. The van der Waals surface area contributed by atoms with Crippen molar-refractivity contribution in [2.75, 3.05) is 67.1 Å². The van der Waals surface area contributed by atoms with Gasteiger partial charge in [0.25, 0.3) is 0 Å². The van der Waals surface area contributed by atoms with Crippen LogP contribution in [0.1, 0.15) is 26.2 Å². The zero-order chi connectivity index (χ0) is 16.2. The van der Waals surface area contributed by atoms with Crippen LogP contribution < -0.4 is 10.6 Å². The molecule has 0 bridgehead atoms. The van der Waals surface area contributed by atoms with Crippen molar-refractivity contribution in [3.63, 3.8) is 0 Å². The monoisotopic (exact) mass is 313 g/mol. The third-order valence-electron chi connectivity index (χ3n) is 4.31. The Balaban J connectivity index is 2.14. The minimum atomic E-state index is 0.653. The highest BCUT2D eigenvalue weighted by molar-refractivity contribution is 5.79. The summed E-state index contributed by atoms with van der Waals surface area (Å²) in [6.07, 6.45) is 3.69. The lowest BCUT2D eigenvalue weighted by Gasteiger charge is -2.24. The molecule has 1 rings (SSSR count). The van der Waals surface area contributed by atoms with Crippen LogP contribution >= 0.6 is 0 Å². The van der Waals surface area contributed by atoms with Crippen molar-refractivity contribution in [3.05, 3.63) is 0 Å². The molecule has 0 aromatic carbocycles. The molecule has 22 heavy (non-hydrogen) atoms. The van der Waals surface area contributed by atoms with E-state index in [4.69, 9.17) is 4.74 Å². The van der Waals surface area contributed by atoms with Gasteiger partial charge in [-0.3, -0.25) is 9.89 Å². The van der Waals surface area contributed by atoms with Crippen LogP contribution in [0.5, 0.6) is 0 Å². The summed E-state index contributed by atoms with van der Waals surface area (Å²) in [6, 6.07) is 0.653. The van der Waals surface area contributed by atoms with E-state index in [9.17, 15) is 0 Å². The van der Waals surface area contributed by atoms with Gasteiger partial charge in [0.1, 0.15) is 0 Å². The number of methoxy groups -OCH3 is 1. The molecule has 2 N–H and O–H groups in total. The molecule has 0 saturated carbocycles. The van der Waals surface area contributed by atoms with Crippen LogP contribution in [0.3, 0.4) is 0 Å². The molecule has 0 amide bonds. The minimum absolute atomic E-state index is 0.653. The summed E-state index contributed by atoms with van der Waals surface area (Å²) in [5, 5.41) is 6.86. The summed E-state index contributed by atoms with van der Waals surface area (Å²) in [5.41, 5.74) is 0. The van der Waals surface area contributed by atoms with Crippen molar-refractivity contribution in [2.24, 2.45) is 4.99 Å². The average molecular weight is 313 g/mol. The molecule has 1 unspecified atom stereocenters. The fourth-order valence-electron chi connectivity index (χ4n) is 2.93. The summed E-state index contributed by atoms with van der Waals surface area (Å²) < 4.78 is 5.08. The number of hydrogen-bond donors (Lipinski definition) is 2. The Morgan fingerprint density at radius 2 is 2.18 bits per heavy atom. The predicted octanol–water partition coefficient (Wildman–Crippen LogP) is 0.604. The van der Waals surface area contributed by atoms with E-state index >= 15 is 0 Å². The van der Waals surface area contributed by atoms with Crippen molar-refractivity contribution in [1.82, 2.24) is 20.4 Å². The van der Waals surface area contributed by atoms with Crippen LogP contribution in [0, 0.1) is 0 Å². The van der Waals surface area contributed by atoms with E-state index in [2.05, 4.69) is 39.4 Å². The van der Waals surface area contributed by atoms with Gasteiger partial charge in [0.05, 0.1) is 0 Å². The number of nitrogens with one attached hydrogen (secondary N) is 2. The first kappa shape index (κ1) is 19.2. The van der Waals surface area contributed by atoms with E-state index < -0.39 is 0 Å². The number of hydrogen-bond acceptors (Lipinski definition) is 4. The molecule has 0 aromatic rings. The van der Waals surface area contributed by atoms with Gasteiger partial charge in [-0.1, -0.05) is 6.92 Å². The largest absolute Gasteiger partial charge is 0.385 e. The first-order valence-electron chi connectivity index (χ1n) is 8.57. The van der Waals surface area contributed by atoms with E-state index in [0.29, 0.717) is 6.04 Å². The molecular formula is C16H35N5O. The number of nitrogens with zero attached hydrogens (tertiary/aromatic N) is 3. The number of likely N-dealkylation sites (N-methyl/N-ethyl adjacent to an activating group) is 2. The van der Waals surface area contributed by atoms with Gasteiger partial charge in [-0.25, -0.2) is 0 Å². The van der Waals surface area contributed by atoms with Gasteiger partial charge in [0.2, 0.25) is 0 Å². The molecule has 6 heteroatoms. The van der Waals surface area contributed by atoms with E-state index in [-0.39, 0.29) is 0 Å². The van der Waals surface area contributed by atoms with Gasteiger partial charge in [-0.2, -0.15) is 0 Å². The van der Waals surface area contributed by atoms with Crippen molar-refractivity contribution >= 4 is 5.96 Å². The van der Waals surface area contributed by atoms with Crippen molar-refractivity contribution in [2.45, 2.75) is 32.2 Å². The fraction of sp³-hybridized carbons (Fsp3) is 0.938. The lowest BCUT2D eigenvalue weighted by Crippen LogP contribution is -2.46. The molecular weight excluding hydrogens is 278 g/mol. The molecule has 0 aliphatic carbocycles. The zero-order valence-electron chi connectivity index (χ0n) is 14.9. The SMILES string of the molecule is CCN1CCCC1CNC(=NC)NCCN(C)CCCOC. The van der Waals surface area contributed by atoms with Crippen molar-refractivity contribution in [1.29, 1.82) is 0 Å². The maximum Gasteiger partial charge on any atom is 0.191 e. The second-order valence-corrected chi connectivity index (χ2v) is 5.95. The van der Waals surface area contributed by atoms with Gasteiger partial charge in [-0.15, -0.1) is 0 Å². The molecule has 1 fully saturated rings. The predicted molar refractivity (Wildman–Crippen MR) is 93.6 cm³/mol. The van der Waals surface area contributed by atoms with Gasteiger partial charge in [0, 0.05) is 53.0 Å². The molecule has 0 radical (unpaired) electrons. The van der Waals surface area contributed by atoms with Gasteiger partial charge < -0.3 is 20.3 Å². The first-order valence-corrected chi connectivity index (χ1v) is 8.57. The van der Waals surface area contributed by atoms with Crippen LogP contribution in [0.25, 0.3) is 0 Å². The Bertz CT molecular complexity index is 311. The fourth-order valence-corrected chi connectivity index (χ4v) is 2.93. The number of likely N-dealkylation sites (tertiary alicyclic amines) is 1. The van der Waals surface area contributed by atoms with Crippen LogP contribution in [0.2, 0.25) is 0 Å². The standard InChI is InChI=1S/C16H35N5O/c1-5-21-11-6-8-15(21)14-19-16(17-2)18-9-12-20(3)10-7-13-22-4/h15H,5-14H2,1-4H3,(H2,17,18,19). The van der Waals surface area contributed by atoms with Crippen molar-refractivity contribution in [3.8, 4) is 0 Å². The Morgan fingerprint density at radius 1 is 1.36 bits per heavy atom. The number of guanidine groups is 1. The Hall–Kier alpha value is -0.850. The number of aliphatic imine (C=N–C) groups is 1. The summed E-state index contributed by atoms with van der Waals surface area (Å²) in [5.74, 6) is 0.910. The maximum absolute atomic E-state index is 5.08. The summed E-state index contributed by atoms with van der Waals surface area (Å²) in [4.78, 5) is 9.17. The van der Waals surface area contributed by atoms with Gasteiger partial charge in [-0.05, 0) is 39.4 Å². The molecule has 0 aromatic heterocycles. The zero-order valence-corrected chi connectivity index (χ0v) is 14.9. The highest BCUT2D eigenvalue weighted by Crippen LogP contribution is 2.15. The molecule has 1 aliphatic rings. The van der Waals surface area contributed by atoms with E-state index in [1.807, 2.05) is 7.05 Å². The van der Waals surface area contributed by atoms with Crippen LogP contribution in [0.4, 0.5) is 0 Å². The van der Waals surface area contributed by atoms with Crippen LogP contribution in [0.15, 0.2) is 4.99 Å². The second kappa shape index (κ2) is 11.7. The quantitative estimate of drug-likeness (QED) is 0.351. The molecule has 6 nitrogen and oxygen atoms in total. The molecule has 0 spiro atoms. The Labute approximate surface area is 136 Å². The third-order valence-corrected chi connectivity index (χ3v) is 4.31. The Morgan fingerprint density at radius 3 is 2.86 bits per heavy atom. The van der Waals surface area contributed by atoms with Crippen molar-refractivity contribution < 1.29 is 4.74 Å². The molecule has 1 heterocycles. The highest BCUT2D eigenvalue weighted by atomic mass is 16.5. The molecule has 1 saturated heterocycles. The molecule has 1 aliphatic heterocycles. The second-order valence-electron chi connectivity index (χ2n) is 5.95. The molecule has 130 valence electrons. The summed E-state index contributed by atoms with van der Waals surface area (Å²) in [6.45, 7) is 9.42. The van der Waals surface area contributed by atoms with Gasteiger partial charge in [0.15, 0.2) is 5.96 Å². The van der Waals surface area contributed by atoms with Gasteiger partial charge >= 0.3 is 0 Å². The minimum Gasteiger partial charge on any atom is -0.385 e. The number of ether oxygens (including phenoxy) is 1. The lowest BCUT2D eigenvalue weighted by atomic mass is 10.2. The highest BCUT2D eigenvalue weighted by Gasteiger charge is 2.22. The maximum atomic E-state index is 5.08. The van der Waals surface area contributed by atoms with Crippen LogP contribution in [-0.4, -0.2) is 88.9 Å². The van der Waals surface area contributed by atoms with E-state index in [1.54, 1.807) is 7.11 Å². The van der Waals surface area contributed by atoms with Crippen LogP contribution in [-0.2, 0) is 4.74 Å². The number of rotatable bonds is 10. The Kier molecular flexibility index (Phi) is 10.2.